The Morgan fingerprint density at radius 2 is 1.59 bits per heavy atom. The average molecular weight is 578 g/mol. The van der Waals surface area contributed by atoms with E-state index in [1.807, 2.05) is 24.3 Å². The van der Waals surface area contributed by atoms with Crippen LogP contribution in [-0.4, -0.2) is 37.8 Å². The van der Waals surface area contributed by atoms with Crippen LogP contribution in [-0.2, 0) is 16.0 Å². The smallest absolute Gasteiger partial charge is 0.255 e. The lowest BCUT2D eigenvalue weighted by molar-refractivity contribution is -0.120. The number of halogens is 3. The highest BCUT2D eigenvalue weighted by Crippen LogP contribution is 2.20. The summed E-state index contributed by atoms with van der Waals surface area (Å²) in [6, 6.07) is 16.1. The number of carbonyl (C=O) groups excluding carboxylic acids is 3. The summed E-state index contributed by atoms with van der Waals surface area (Å²) in [5.74, 6) is -2.53. The zero-order chi connectivity index (χ0) is 24.7. The van der Waals surface area contributed by atoms with Crippen LogP contribution in [0.15, 0.2) is 66.7 Å². The maximum absolute atomic E-state index is 13.8. The molecule has 6 nitrogen and oxygen atoms in total. The molecule has 3 aromatic carbocycles. The fourth-order valence-electron chi connectivity index (χ4n) is 3.02. The predicted molar refractivity (Wildman–Crippen MR) is 132 cm³/mol. The van der Waals surface area contributed by atoms with E-state index in [-0.39, 0.29) is 36.7 Å². The summed E-state index contributed by atoms with van der Waals surface area (Å²) in [7, 11) is 1.49. The normalized spacial score (nSPS) is 10.5. The van der Waals surface area contributed by atoms with Gasteiger partial charge in [0, 0.05) is 28.8 Å². The van der Waals surface area contributed by atoms with Crippen molar-refractivity contribution in [1.82, 2.24) is 5.32 Å². The van der Waals surface area contributed by atoms with Crippen LogP contribution < -0.4 is 15.0 Å². The second kappa shape index (κ2) is 11.7. The number of nitrogens with one attached hydrogen (secondary N) is 1. The second-order valence-electron chi connectivity index (χ2n) is 7.38. The monoisotopic (exact) mass is 578 g/mol. The molecule has 3 rings (SSSR count). The van der Waals surface area contributed by atoms with Gasteiger partial charge in [0.05, 0.1) is 12.1 Å². The minimum Gasteiger partial charge on any atom is -0.485 e. The van der Waals surface area contributed by atoms with Gasteiger partial charge in [-0.2, -0.15) is 0 Å². The maximum Gasteiger partial charge on any atom is 0.255 e. The van der Waals surface area contributed by atoms with Crippen molar-refractivity contribution in [3.63, 3.8) is 0 Å². The average Bonchev–Trinajstić information content (AvgIpc) is 2.82. The molecule has 176 valence electrons. The Labute approximate surface area is 209 Å². The fourth-order valence-corrected chi connectivity index (χ4v) is 3.38. The van der Waals surface area contributed by atoms with Crippen LogP contribution in [0.25, 0.3) is 0 Å². The molecule has 0 fully saturated rings. The second-order valence-corrected chi connectivity index (χ2v) is 8.63. The third-order valence-corrected chi connectivity index (χ3v) is 5.60. The first-order valence-corrected chi connectivity index (χ1v) is 11.3. The Hall–Kier alpha value is -3.34. The van der Waals surface area contributed by atoms with Crippen molar-refractivity contribution in [2.75, 3.05) is 25.1 Å². The Morgan fingerprint density at radius 3 is 2.26 bits per heavy atom. The van der Waals surface area contributed by atoms with E-state index in [9.17, 15) is 23.2 Å². The molecule has 2 amide bonds. The number of rotatable bonds is 9. The summed E-state index contributed by atoms with van der Waals surface area (Å²) < 4.78 is 33.3. The molecule has 0 bridgehead atoms. The lowest BCUT2D eigenvalue weighted by atomic mass is 10.1. The van der Waals surface area contributed by atoms with Crippen molar-refractivity contribution in [2.24, 2.45) is 0 Å². The maximum atomic E-state index is 13.8. The number of ketones is 1. The van der Waals surface area contributed by atoms with E-state index in [2.05, 4.69) is 27.9 Å². The van der Waals surface area contributed by atoms with Gasteiger partial charge in [-0.25, -0.2) is 8.78 Å². The van der Waals surface area contributed by atoms with Gasteiger partial charge in [0.25, 0.3) is 5.91 Å². The third-order valence-electron chi connectivity index (χ3n) is 4.88. The molecule has 0 heterocycles. The van der Waals surface area contributed by atoms with E-state index in [0.29, 0.717) is 5.69 Å². The largest absolute Gasteiger partial charge is 0.485 e. The SMILES string of the molecule is CN(C(=O)CNC(=O)c1ccc(F)cc1OCC(=O)Cc1ccc(I)cc1)c1ccc(F)cc1. The minimum atomic E-state index is -0.666. The molecule has 0 atom stereocenters. The summed E-state index contributed by atoms with van der Waals surface area (Å²) in [4.78, 5) is 38.6. The van der Waals surface area contributed by atoms with Gasteiger partial charge in [0.2, 0.25) is 5.91 Å². The van der Waals surface area contributed by atoms with Gasteiger partial charge in [0.15, 0.2) is 5.78 Å². The zero-order valence-corrected chi connectivity index (χ0v) is 20.3. The van der Waals surface area contributed by atoms with Crippen LogP contribution in [0.1, 0.15) is 15.9 Å². The highest BCUT2D eigenvalue weighted by atomic mass is 127. The number of amides is 2. The van der Waals surface area contributed by atoms with Crippen LogP contribution in [0.3, 0.4) is 0 Å². The van der Waals surface area contributed by atoms with Gasteiger partial charge in [-0.05, 0) is 76.7 Å². The molecule has 0 aliphatic rings. The number of anilines is 1. The van der Waals surface area contributed by atoms with E-state index in [0.717, 1.165) is 21.3 Å². The summed E-state index contributed by atoms with van der Waals surface area (Å²) in [6.45, 7) is -0.697. The number of nitrogens with zero attached hydrogens (tertiary/aromatic N) is 1. The van der Waals surface area contributed by atoms with Gasteiger partial charge in [-0.3, -0.25) is 14.4 Å². The van der Waals surface area contributed by atoms with Gasteiger partial charge in [0.1, 0.15) is 24.0 Å². The molecule has 0 saturated heterocycles. The molecule has 9 heteroatoms. The number of likely N-dealkylation sites (N-methyl/N-ethyl adjacent to an activating group) is 1. The molecule has 0 aromatic heterocycles. The summed E-state index contributed by atoms with van der Waals surface area (Å²) in [5, 5.41) is 2.46. The highest BCUT2D eigenvalue weighted by Gasteiger charge is 2.18. The summed E-state index contributed by atoms with van der Waals surface area (Å²) in [6.07, 6.45) is 0.137. The summed E-state index contributed by atoms with van der Waals surface area (Å²) in [5.41, 5.74) is 1.26. The van der Waals surface area contributed by atoms with E-state index in [1.165, 1.54) is 42.3 Å². The highest BCUT2D eigenvalue weighted by molar-refractivity contribution is 14.1. The lowest BCUT2D eigenvalue weighted by Crippen LogP contribution is -2.38. The first-order valence-electron chi connectivity index (χ1n) is 10.2. The van der Waals surface area contributed by atoms with Crippen molar-refractivity contribution in [3.05, 3.63) is 93.1 Å². The van der Waals surface area contributed by atoms with E-state index >= 15 is 0 Å². The van der Waals surface area contributed by atoms with Crippen molar-refractivity contribution in [1.29, 1.82) is 0 Å². The van der Waals surface area contributed by atoms with Crippen molar-refractivity contribution in [3.8, 4) is 5.75 Å². The van der Waals surface area contributed by atoms with Crippen LogP contribution in [0, 0.1) is 15.2 Å². The topological polar surface area (TPSA) is 75.7 Å². The zero-order valence-electron chi connectivity index (χ0n) is 18.2. The Bertz CT molecular complexity index is 1180. The minimum absolute atomic E-state index is 0.0132. The van der Waals surface area contributed by atoms with Gasteiger partial charge < -0.3 is 15.0 Å². The van der Waals surface area contributed by atoms with Crippen LogP contribution in [0.4, 0.5) is 14.5 Å². The summed E-state index contributed by atoms with van der Waals surface area (Å²) >= 11 is 2.16. The van der Waals surface area contributed by atoms with Crippen LogP contribution >= 0.6 is 22.6 Å². The number of Topliss-reactive ketones (excluding diaryl/α,β-unsaturated/α-hetero) is 1. The van der Waals surface area contributed by atoms with Crippen molar-refractivity contribution >= 4 is 45.9 Å². The molecular weight excluding hydrogens is 557 g/mol. The molecule has 34 heavy (non-hydrogen) atoms. The van der Waals surface area contributed by atoms with Crippen LogP contribution in [0.2, 0.25) is 0 Å². The Balaban J connectivity index is 1.60. The number of hydrogen-bond acceptors (Lipinski definition) is 4. The third kappa shape index (κ3) is 7.08. The molecule has 0 aliphatic heterocycles. The molecule has 3 aromatic rings. The number of benzene rings is 3. The van der Waals surface area contributed by atoms with Crippen LogP contribution in [0.5, 0.6) is 5.75 Å². The van der Waals surface area contributed by atoms with E-state index in [4.69, 9.17) is 4.74 Å². The standard InChI is InChI=1S/C25H21F2IN2O4/c1-30(20-9-4-17(26)5-10-20)24(32)14-29-25(33)22-11-6-18(27)13-23(22)34-15-21(31)12-16-2-7-19(28)8-3-16/h2-11,13H,12,14-15H2,1H3,(H,29,33). The fraction of sp³-hybridized carbons (Fsp3) is 0.160. The van der Waals surface area contributed by atoms with Crippen molar-refractivity contribution in [2.45, 2.75) is 6.42 Å². The molecule has 1 N–H and O–H groups in total. The molecule has 0 spiro atoms. The number of carbonyl (C=O) groups is 3. The lowest BCUT2D eigenvalue weighted by Gasteiger charge is -2.18. The molecule has 0 saturated carbocycles. The van der Waals surface area contributed by atoms with Gasteiger partial charge >= 0.3 is 0 Å². The Morgan fingerprint density at radius 1 is 0.941 bits per heavy atom. The molecule has 0 radical (unpaired) electrons. The predicted octanol–water partition coefficient (Wildman–Crippen LogP) is 4.15. The van der Waals surface area contributed by atoms with E-state index in [1.54, 1.807) is 0 Å². The number of hydrogen-bond donors (Lipinski definition) is 1. The Kier molecular flexibility index (Phi) is 8.69. The van der Waals surface area contributed by atoms with Gasteiger partial charge in [-0.1, -0.05) is 12.1 Å². The first-order chi connectivity index (χ1) is 16.2. The van der Waals surface area contributed by atoms with Gasteiger partial charge in [-0.15, -0.1) is 0 Å². The molecular formula is C25H21F2IN2O4. The first kappa shape index (κ1) is 25.3. The van der Waals surface area contributed by atoms with Crippen molar-refractivity contribution < 1.29 is 27.9 Å². The van der Waals surface area contributed by atoms with E-state index < -0.39 is 23.4 Å². The number of ether oxygens (including phenoxy) is 1. The molecule has 0 aliphatic carbocycles. The molecule has 0 unspecified atom stereocenters. The quantitative estimate of drug-likeness (QED) is 0.388.